The van der Waals surface area contributed by atoms with Gasteiger partial charge in [0.25, 0.3) is 0 Å². The first-order valence-corrected chi connectivity index (χ1v) is 9.98. The Bertz CT molecular complexity index is 1180. The van der Waals surface area contributed by atoms with Gasteiger partial charge in [0, 0.05) is 34.1 Å². The zero-order valence-corrected chi connectivity index (χ0v) is 18.0. The van der Waals surface area contributed by atoms with Crippen LogP contribution >= 0.6 is 27.5 Å². The van der Waals surface area contributed by atoms with Crippen molar-refractivity contribution in [3.63, 3.8) is 0 Å². The molecule has 0 saturated carbocycles. The maximum Gasteiger partial charge on any atom is 0.149 e. The van der Waals surface area contributed by atoms with Crippen molar-refractivity contribution in [2.75, 3.05) is 7.11 Å². The Kier molecular flexibility index (Phi) is 5.96. The number of nitrogens with one attached hydrogen (secondary N) is 1. The second-order valence-corrected chi connectivity index (χ2v) is 7.55. The van der Waals surface area contributed by atoms with E-state index in [0.29, 0.717) is 26.9 Å². The molecule has 0 bridgehead atoms. The number of pyridine rings is 2. The minimum absolute atomic E-state index is 0.000608. The van der Waals surface area contributed by atoms with Crippen LogP contribution in [0.2, 0.25) is 5.15 Å². The van der Waals surface area contributed by atoms with Crippen molar-refractivity contribution < 1.29 is 13.9 Å². The molecule has 30 heavy (non-hydrogen) atoms. The molecule has 1 N–H and O–H groups in total. The van der Waals surface area contributed by atoms with E-state index in [2.05, 4.69) is 35.9 Å². The molecular weight excluding hydrogens is 475 g/mol. The van der Waals surface area contributed by atoms with E-state index in [1.807, 2.05) is 12.1 Å². The summed E-state index contributed by atoms with van der Waals surface area (Å²) in [7, 11) is 1.57. The van der Waals surface area contributed by atoms with Crippen LogP contribution < -0.4 is 9.47 Å². The van der Waals surface area contributed by atoms with Gasteiger partial charge in [-0.1, -0.05) is 11.6 Å². The summed E-state index contributed by atoms with van der Waals surface area (Å²) in [6, 6.07) is 10.2. The fraction of sp³-hybridized carbons (Fsp3) is 0.0952. The molecule has 0 aliphatic rings. The third-order valence-electron chi connectivity index (χ3n) is 4.30. The molecule has 0 saturated heterocycles. The Morgan fingerprint density at radius 3 is 2.67 bits per heavy atom. The molecule has 3 heterocycles. The van der Waals surface area contributed by atoms with Gasteiger partial charge in [0.15, 0.2) is 0 Å². The number of imidazole rings is 1. The summed E-state index contributed by atoms with van der Waals surface area (Å²) >= 11 is 9.02. The molecule has 0 radical (unpaired) electrons. The normalized spacial score (nSPS) is 10.8. The Morgan fingerprint density at radius 1 is 1.07 bits per heavy atom. The predicted molar refractivity (Wildman–Crippen MR) is 115 cm³/mol. The van der Waals surface area contributed by atoms with Crippen LogP contribution in [0.4, 0.5) is 4.39 Å². The van der Waals surface area contributed by atoms with Gasteiger partial charge in [-0.05, 0) is 46.3 Å². The monoisotopic (exact) mass is 488 g/mol. The predicted octanol–water partition coefficient (Wildman–Crippen LogP) is 5.68. The number of ether oxygens (including phenoxy) is 2. The molecule has 4 rings (SSSR count). The number of hydrogen-bond acceptors (Lipinski definition) is 5. The first-order chi connectivity index (χ1) is 14.5. The molecule has 9 heteroatoms. The lowest BCUT2D eigenvalue weighted by molar-refractivity contribution is 0.292. The van der Waals surface area contributed by atoms with Gasteiger partial charge in [0.1, 0.15) is 40.6 Å². The molecule has 0 amide bonds. The van der Waals surface area contributed by atoms with Crippen molar-refractivity contribution in [3.05, 3.63) is 76.1 Å². The van der Waals surface area contributed by atoms with Crippen molar-refractivity contribution in [1.82, 2.24) is 19.9 Å². The Morgan fingerprint density at radius 2 is 1.93 bits per heavy atom. The zero-order chi connectivity index (χ0) is 21.1. The highest BCUT2D eigenvalue weighted by Gasteiger charge is 2.13. The topological polar surface area (TPSA) is 72.9 Å². The highest BCUT2D eigenvalue weighted by atomic mass is 79.9. The van der Waals surface area contributed by atoms with E-state index < -0.39 is 5.82 Å². The average molecular weight is 490 g/mol. The fourth-order valence-electron chi connectivity index (χ4n) is 2.81. The van der Waals surface area contributed by atoms with Crippen molar-refractivity contribution in [1.29, 1.82) is 0 Å². The van der Waals surface area contributed by atoms with Crippen LogP contribution in [-0.2, 0) is 6.61 Å². The molecule has 0 fully saturated rings. The average Bonchev–Trinajstić information content (AvgIpc) is 3.23. The summed E-state index contributed by atoms with van der Waals surface area (Å²) < 4.78 is 25.7. The van der Waals surface area contributed by atoms with Crippen LogP contribution in [0.15, 0.2) is 59.5 Å². The third-order valence-corrected chi connectivity index (χ3v) is 4.96. The summed E-state index contributed by atoms with van der Waals surface area (Å²) in [6.07, 6.45) is 4.88. The van der Waals surface area contributed by atoms with Gasteiger partial charge in [0.05, 0.1) is 19.0 Å². The number of halogens is 3. The lowest BCUT2D eigenvalue weighted by Crippen LogP contribution is -2.02. The molecule has 0 aliphatic heterocycles. The highest BCUT2D eigenvalue weighted by Crippen LogP contribution is 2.33. The minimum Gasteiger partial charge on any atom is -0.496 e. The number of methoxy groups -OCH3 is 1. The summed E-state index contributed by atoms with van der Waals surface area (Å²) in [5, 5.41) is 0.418. The quantitative estimate of drug-likeness (QED) is 0.353. The minimum atomic E-state index is -0.436. The van der Waals surface area contributed by atoms with E-state index in [1.54, 1.807) is 37.7 Å². The van der Waals surface area contributed by atoms with Crippen LogP contribution in [-0.4, -0.2) is 27.0 Å². The lowest BCUT2D eigenvalue weighted by atomic mass is 10.1. The van der Waals surface area contributed by atoms with E-state index in [0.717, 1.165) is 16.8 Å². The lowest BCUT2D eigenvalue weighted by Gasteiger charge is -2.11. The van der Waals surface area contributed by atoms with Crippen LogP contribution in [0, 0.1) is 5.82 Å². The van der Waals surface area contributed by atoms with Crippen LogP contribution in [0.3, 0.4) is 0 Å². The van der Waals surface area contributed by atoms with Crippen molar-refractivity contribution >= 4 is 27.5 Å². The van der Waals surface area contributed by atoms with Crippen LogP contribution in [0.5, 0.6) is 11.5 Å². The first-order valence-electron chi connectivity index (χ1n) is 8.81. The van der Waals surface area contributed by atoms with Gasteiger partial charge >= 0.3 is 0 Å². The third kappa shape index (κ3) is 4.44. The molecule has 0 unspecified atom stereocenters. The van der Waals surface area contributed by atoms with E-state index in [4.69, 9.17) is 21.1 Å². The summed E-state index contributed by atoms with van der Waals surface area (Å²) in [4.78, 5) is 15.8. The SMILES string of the molecule is COc1cc(OCc2ncc(Br)cc2F)ccc1-c1cnc(-c2ccc(Cl)nc2)[nH]1. The number of rotatable bonds is 6. The Hall–Kier alpha value is -2.97. The zero-order valence-electron chi connectivity index (χ0n) is 15.7. The standard InChI is InChI=1S/C21H15BrClFN4O2/c1-29-19-7-14(30-11-18-16(24)6-13(22)9-25-18)3-4-15(19)17-10-27-21(28-17)12-2-5-20(23)26-8-12/h2-10H,11H2,1H3,(H,27,28). The van der Waals surface area contributed by atoms with Crippen molar-refractivity contribution in [3.8, 4) is 34.1 Å². The highest BCUT2D eigenvalue weighted by molar-refractivity contribution is 9.10. The second-order valence-electron chi connectivity index (χ2n) is 6.25. The van der Waals surface area contributed by atoms with Crippen molar-refractivity contribution in [2.24, 2.45) is 0 Å². The number of aromatic amines is 1. The molecular formula is C21H15BrClFN4O2. The van der Waals surface area contributed by atoms with Gasteiger partial charge in [-0.3, -0.25) is 4.98 Å². The van der Waals surface area contributed by atoms with E-state index >= 15 is 0 Å². The van der Waals surface area contributed by atoms with E-state index in [1.165, 1.54) is 12.3 Å². The molecule has 3 aromatic heterocycles. The van der Waals surface area contributed by atoms with Crippen LogP contribution in [0.1, 0.15) is 5.69 Å². The number of hydrogen-bond donors (Lipinski definition) is 1. The number of nitrogens with zero attached hydrogens (tertiary/aromatic N) is 3. The van der Waals surface area contributed by atoms with E-state index in [-0.39, 0.29) is 12.3 Å². The van der Waals surface area contributed by atoms with Gasteiger partial charge in [0.2, 0.25) is 0 Å². The molecule has 0 atom stereocenters. The first kappa shape index (κ1) is 20.3. The van der Waals surface area contributed by atoms with Crippen LogP contribution in [0.25, 0.3) is 22.6 Å². The van der Waals surface area contributed by atoms with Gasteiger partial charge < -0.3 is 14.5 Å². The Labute approximate surface area is 185 Å². The molecule has 0 aliphatic carbocycles. The molecule has 4 aromatic rings. The largest absolute Gasteiger partial charge is 0.496 e. The van der Waals surface area contributed by atoms with Crippen molar-refractivity contribution in [2.45, 2.75) is 6.61 Å². The number of benzene rings is 1. The summed E-state index contributed by atoms with van der Waals surface area (Å²) in [6.45, 7) is -0.000608. The number of aromatic nitrogens is 4. The summed E-state index contributed by atoms with van der Waals surface area (Å²) in [5.74, 6) is 1.34. The maximum absolute atomic E-state index is 13.9. The molecule has 1 aromatic carbocycles. The van der Waals surface area contributed by atoms with Gasteiger partial charge in [-0.25, -0.2) is 14.4 Å². The summed E-state index contributed by atoms with van der Waals surface area (Å²) in [5.41, 5.74) is 2.60. The smallest absolute Gasteiger partial charge is 0.149 e. The number of H-pyrrole nitrogens is 1. The van der Waals surface area contributed by atoms with Gasteiger partial charge in [-0.15, -0.1) is 0 Å². The fourth-order valence-corrected chi connectivity index (χ4v) is 3.22. The molecule has 6 nitrogen and oxygen atoms in total. The van der Waals surface area contributed by atoms with Gasteiger partial charge in [-0.2, -0.15) is 0 Å². The van der Waals surface area contributed by atoms with E-state index in [9.17, 15) is 4.39 Å². The second kappa shape index (κ2) is 8.81. The Balaban J connectivity index is 1.54. The molecule has 152 valence electrons. The maximum atomic E-state index is 13.9. The molecule has 0 spiro atoms.